The number of hydrogen-bond acceptors (Lipinski definition) is 3. The molecule has 32 heavy (non-hydrogen) atoms. The summed E-state index contributed by atoms with van der Waals surface area (Å²) < 4.78 is 0. The van der Waals surface area contributed by atoms with E-state index < -0.39 is 0 Å². The summed E-state index contributed by atoms with van der Waals surface area (Å²) in [5.41, 5.74) is 4.29. The summed E-state index contributed by atoms with van der Waals surface area (Å²) in [6.45, 7) is 10.4. The smallest absolute Gasteiger partial charge is 0.251 e. The fourth-order valence-corrected chi connectivity index (χ4v) is 3.77. The fourth-order valence-electron chi connectivity index (χ4n) is 3.77. The maximum Gasteiger partial charge on any atom is 0.251 e. The zero-order chi connectivity index (χ0) is 22.1. The van der Waals surface area contributed by atoms with E-state index in [1.165, 1.54) is 24.1 Å². The molecule has 1 heterocycles. The number of hydrogen-bond donors (Lipinski definition) is 3. The second kappa shape index (κ2) is 13.3. The lowest BCUT2D eigenvalue weighted by atomic mass is 10.1. The molecule has 1 aliphatic heterocycles. The molecule has 7 heteroatoms. The second-order valence-corrected chi connectivity index (χ2v) is 7.91. The molecule has 0 spiro atoms. The fraction of sp³-hybridized carbons (Fsp3) is 0.440. The van der Waals surface area contributed by atoms with Gasteiger partial charge in [0.25, 0.3) is 5.91 Å². The highest BCUT2D eigenvalue weighted by Crippen LogP contribution is 2.24. The summed E-state index contributed by atoms with van der Waals surface area (Å²) >= 11 is 0. The van der Waals surface area contributed by atoms with Crippen LogP contribution in [0.5, 0.6) is 0 Å². The summed E-state index contributed by atoms with van der Waals surface area (Å²) in [6.07, 6.45) is 2.55. The summed E-state index contributed by atoms with van der Waals surface area (Å²) in [6, 6.07) is 16.5. The number of benzene rings is 2. The molecule has 1 unspecified atom stereocenters. The van der Waals surface area contributed by atoms with Gasteiger partial charge in [-0.05, 0) is 69.0 Å². The van der Waals surface area contributed by atoms with Crippen LogP contribution in [0.15, 0.2) is 53.5 Å². The summed E-state index contributed by atoms with van der Waals surface area (Å²) in [5, 5.41) is 9.68. The standard InChI is InChI=1S/C25H35N5O.HI/c1-4-26-24(31)21-13-11-20(12-14-21)18-28-25(27-5-2)29-19(3)22-9-8-10-23(17-22)30-15-6-7-16-30;/h8-14,17,19H,4-7,15-16,18H2,1-3H3,(H,26,31)(H2,27,28,29);1H. The van der Waals surface area contributed by atoms with Gasteiger partial charge in [-0.25, -0.2) is 4.99 Å². The second-order valence-electron chi connectivity index (χ2n) is 7.91. The highest BCUT2D eigenvalue weighted by molar-refractivity contribution is 14.0. The number of nitrogens with one attached hydrogen (secondary N) is 3. The highest BCUT2D eigenvalue weighted by Gasteiger charge is 2.14. The molecule has 1 fully saturated rings. The summed E-state index contributed by atoms with van der Waals surface area (Å²) in [5.74, 6) is 0.743. The van der Waals surface area contributed by atoms with Crippen molar-refractivity contribution in [2.45, 2.75) is 46.2 Å². The quantitative estimate of drug-likeness (QED) is 0.258. The minimum Gasteiger partial charge on any atom is -0.372 e. The maximum atomic E-state index is 11.9. The average Bonchev–Trinajstić information content (AvgIpc) is 3.33. The van der Waals surface area contributed by atoms with E-state index in [2.05, 4.69) is 59.0 Å². The molecule has 174 valence electrons. The lowest BCUT2D eigenvalue weighted by Crippen LogP contribution is -2.38. The first-order chi connectivity index (χ1) is 15.1. The van der Waals surface area contributed by atoms with E-state index in [4.69, 9.17) is 4.99 Å². The Balaban J connectivity index is 0.00000363. The van der Waals surface area contributed by atoms with Gasteiger partial charge in [-0.3, -0.25) is 4.79 Å². The Hall–Kier alpha value is -2.29. The molecule has 1 aliphatic rings. The molecule has 1 atom stereocenters. The van der Waals surface area contributed by atoms with Crippen LogP contribution in [0.2, 0.25) is 0 Å². The van der Waals surface area contributed by atoms with Crippen LogP contribution in [0.4, 0.5) is 5.69 Å². The first-order valence-corrected chi connectivity index (χ1v) is 11.4. The highest BCUT2D eigenvalue weighted by atomic mass is 127. The number of carbonyl (C=O) groups excluding carboxylic acids is 1. The average molecular weight is 550 g/mol. The first kappa shape index (κ1) is 26.0. The maximum absolute atomic E-state index is 11.9. The van der Waals surface area contributed by atoms with E-state index in [1.54, 1.807) is 0 Å². The lowest BCUT2D eigenvalue weighted by molar-refractivity contribution is 0.0956. The number of nitrogens with zero attached hydrogens (tertiary/aromatic N) is 2. The largest absolute Gasteiger partial charge is 0.372 e. The molecule has 2 aromatic carbocycles. The monoisotopic (exact) mass is 549 g/mol. The lowest BCUT2D eigenvalue weighted by Gasteiger charge is -2.22. The molecule has 3 rings (SSSR count). The van der Waals surface area contributed by atoms with Crippen LogP contribution in [-0.2, 0) is 6.54 Å². The van der Waals surface area contributed by atoms with Gasteiger partial charge in [-0.1, -0.05) is 24.3 Å². The van der Waals surface area contributed by atoms with Gasteiger partial charge in [0.05, 0.1) is 12.6 Å². The van der Waals surface area contributed by atoms with Gasteiger partial charge in [0.15, 0.2) is 5.96 Å². The molecule has 3 N–H and O–H groups in total. The van der Waals surface area contributed by atoms with Gasteiger partial charge >= 0.3 is 0 Å². The topological polar surface area (TPSA) is 68.8 Å². The Bertz CT molecular complexity index is 878. The molecule has 6 nitrogen and oxygen atoms in total. The molecular weight excluding hydrogens is 513 g/mol. The Morgan fingerprint density at radius 3 is 2.38 bits per heavy atom. The third-order valence-corrected chi connectivity index (χ3v) is 5.51. The molecule has 0 aliphatic carbocycles. The minimum absolute atomic E-state index is 0. The number of carbonyl (C=O) groups is 1. The van der Waals surface area contributed by atoms with Crippen LogP contribution in [0.25, 0.3) is 0 Å². The number of anilines is 1. The van der Waals surface area contributed by atoms with Gasteiger partial charge < -0.3 is 20.9 Å². The van der Waals surface area contributed by atoms with Crippen LogP contribution in [0, 0.1) is 0 Å². The van der Waals surface area contributed by atoms with Crippen molar-refractivity contribution < 1.29 is 4.79 Å². The van der Waals surface area contributed by atoms with E-state index in [1.807, 2.05) is 31.2 Å². The molecule has 0 radical (unpaired) electrons. The Morgan fingerprint density at radius 1 is 1.03 bits per heavy atom. The zero-order valence-electron chi connectivity index (χ0n) is 19.4. The molecule has 2 aromatic rings. The van der Waals surface area contributed by atoms with Gasteiger partial charge in [0.1, 0.15) is 0 Å². The van der Waals surface area contributed by atoms with Gasteiger partial charge in [-0.15, -0.1) is 24.0 Å². The zero-order valence-corrected chi connectivity index (χ0v) is 21.7. The molecule has 1 saturated heterocycles. The van der Waals surface area contributed by atoms with E-state index >= 15 is 0 Å². The van der Waals surface area contributed by atoms with Crippen LogP contribution < -0.4 is 20.9 Å². The van der Waals surface area contributed by atoms with E-state index in [9.17, 15) is 4.79 Å². The van der Waals surface area contributed by atoms with Crippen molar-refractivity contribution in [3.63, 3.8) is 0 Å². The van der Waals surface area contributed by atoms with Gasteiger partial charge in [0, 0.05) is 37.4 Å². The Labute approximate surface area is 209 Å². The summed E-state index contributed by atoms with van der Waals surface area (Å²) in [7, 11) is 0. The van der Waals surface area contributed by atoms with Crippen LogP contribution in [0.3, 0.4) is 0 Å². The molecule has 0 saturated carbocycles. The number of rotatable bonds is 8. The van der Waals surface area contributed by atoms with Crippen LogP contribution >= 0.6 is 24.0 Å². The number of amides is 1. The predicted octanol–water partition coefficient (Wildman–Crippen LogP) is 4.47. The third kappa shape index (κ3) is 7.39. The van der Waals surface area contributed by atoms with Crippen LogP contribution in [-0.4, -0.2) is 38.0 Å². The Morgan fingerprint density at radius 2 is 1.72 bits per heavy atom. The van der Waals surface area contributed by atoms with Crippen molar-refractivity contribution in [1.82, 2.24) is 16.0 Å². The number of guanidine groups is 1. The van der Waals surface area contributed by atoms with Crippen molar-refractivity contribution >= 4 is 41.5 Å². The van der Waals surface area contributed by atoms with Crippen molar-refractivity contribution in [1.29, 1.82) is 0 Å². The van der Waals surface area contributed by atoms with Crippen molar-refractivity contribution in [2.75, 3.05) is 31.1 Å². The van der Waals surface area contributed by atoms with Crippen molar-refractivity contribution in [3.8, 4) is 0 Å². The van der Waals surface area contributed by atoms with Crippen molar-refractivity contribution in [2.24, 2.45) is 4.99 Å². The molecular formula is C25H36IN5O. The van der Waals surface area contributed by atoms with E-state index in [0.717, 1.165) is 31.2 Å². The number of halogens is 1. The van der Waals surface area contributed by atoms with Gasteiger partial charge in [-0.2, -0.15) is 0 Å². The minimum atomic E-state index is -0.0439. The summed E-state index contributed by atoms with van der Waals surface area (Å²) in [4.78, 5) is 19.1. The molecule has 1 amide bonds. The van der Waals surface area contributed by atoms with Crippen LogP contribution in [0.1, 0.15) is 61.1 Å². The normalized spacial score (nSPS) is 14.5. The Kier molecular flexibility index (Phi) is 10.8. The molecule has 0 aromatic heterocycles. The molecule has 0 bridgehead atoms. The van der Waals surface area contributed by atoms with E-state index in [0.29, 0.717) is 18.7 Å². The predicted molar refractivity (Wildman–Crippen MR) is 144 cm³/mol. The third-order valence-electron chi connectivity index (χ3n) is 5.51. The van der Waals surface area contributed by atoms with Crippen molar-refractivity contribution in [3.05, 3.63) is 65.2 Å². The van der Waals surface area contributed by atoms with E-state index in [-0.39, 0.29) is 35.9 Å². The first-order valence-electron chi connectivity index (χ1n) is 11.4. The number of aliphatic imine (C=N–C) groups is 1. The SMILES string of the molecule is CCNC(=O)c1ccc(CN=C(NCC)NC(C)c2cccc(N3CCCC3)c2)cc1.I. The van der Waals surface area contributed by atoms with Gasteiger partial charge in [0.2, 0.25) is 0 Å².